The molecule has 16 heavy (non-hydrogen) atoms. The number of halogens is 1. The molecule has 0 aliphatic heterocycles. The van der Waals surface area contributed by atoms with E-state index in [1.165, 1.54) is 18.4 Å². The van der Waals surface area contributed by atoms with Crippen LogP contribution in [0.4, 0.5) is 4.39 Å². The van der Waals surface area contributed by atoms with Crippen LogP contribution in [0, 0.1) is 11.7 Å². The molecule has 1 nitrogen and oxygen atoms in total. The van der Waals surface area contributed by atoms with Crippen molar-refractivity contribution >= 4 is 0 Å². The molecule has 1 fully saturated rings. The minimum absolute atomic E-state index is 0.141. The maximum Gasteiger partial charge on any atom is 0.123 e. The summed E-state index contributed by atoms with van der Waals surface area (Å²) in [5.41, 5.74) is 1.28. The molecule has 0 aromatic heterocycles. The van der Waals surface area contributed by atoms with Crippen molar-refractivity contribution in [3.8, 4) is 0 Å². The molecule has 1 aromatic rings. The van der Waals surface area contributed by atoms with Gasteiger partial charge in [0, 0.05) is 6.04 Å². The van der Waals surface area contributed by atoms with Crippen LogP contribution < -0.4 is 5.32 Å². The first-order valence-corrected chi connectivity index (χ1v) is 6.14. The quantitative estimate of drug-likeness (QED) is 0.822. The number of hydrogen-bond acceptors (Lipinski definition) is 1. The van der Waals surface area contributed by atoms with Crippen molar-refractivity contribution in [3.63, 3.8) is 0 Å². The predicted octanol–water partition coefficient (Wildman–Crippen LogP) is 3.32. The molecule has 2 rings (SSSR count). The number of nitrogens with one attached hydrogen (secondary N) is 1. The van der Waals surface area contributed by atoms with E-state index in [0.717, 1.165) is 6.54 Å². The zero-order chi connectivity index (χ0) is 11.5. The van der Waals surface area contributed by atoms with Crippen molar-refractivity contribution < 1.29 is 4.39 Å². The van der Waals surface area contributed by atoms with Crippen LogP contribution in [0.1, 0.15) is 38.2 Å². The molecule has 1 N–H and O–H groups in total. The molecular formula is C14H20FN. The maximum atomic E-state index is 12.7. The molecule has 0 amide bonds. The fourth-order valence-corrected chi connectivity index (χ4v) is 2.19. The van der Waals surface area contributed by atoms with Gasteiger partial charge < -0.3 is 5.32 Å². The number of rotatable bonds is 4. The highest BCUT2D eigenvalue weighted by Gasteiger charge is 2.29. The van der Waals surface area contributed by atoms with Crippen LogP contribution in [0.25, 0.3) is 0 Å². The molecule has 0 radical (unpaired) electrons. The SMILES string of the molecule is CC(C)CNC1CC(c2ccc(F)cc2)C1. The van der Waals surface area contributed by atoms with E-state index >= 15 is 0 Å². The second-order valence-electron chi connectivity index (χ2n) is 5.22. The molecule has 0 unspecified atom stereocenters. The Labute approximate surface area is 97.1 Å². The minimum Gasteiger partial charge on any atom is -0.314 e. The summed E-state index contributed by atoms with van der Waals surface area (Å²) < 4.78 is 12.7. The van der Waals surface area contributed by atoms with Gasteiger partial charge in [-0.25, -0.2) is 4.39 Å². The van der Waals surface area contributed by atoms with Gasteiger partial charge in [0.1, 0.15) is 5.82 Å². The summed E-state index contributed by atoms with van der Waals surface area (Å²) >= 11 is 0. The van der Waals surface area contributed by atoms with Crippen LogP contribution in [0.5, 0.6) is 0 Å². The summed E-state index contributed by atoms with van der Waals surface area (Å²) in [6.45, 7) is 5.55. The van der Waals surface area contributed by atoms with Crippen molar-refractivity contribution in [2.24, 2.45) is 5.92 Å². The van der Waals surface area contributed by atoms with E-state index < -0.39 is 0 Å². The summed E-state index contributed by atoms with van der Waals surface area (Å²) in [6.07, 6.45) is 2.39. The highest BCUT2D eigenvalue weighted by atomic mass is 19.1. The summed E-state index contributed by atoms with van der Waals surface area (Å²) in [5, 5.41) is 3.56. The zero-order valence-corrected chi connectivity index (χ0v) is 10.0. The normalized spacial score (nSPS) is 24.5. The van der Waals surface area contributed by atoms with E-state index in [2.05, 4.69) is 19.2 Å². The van der Waals surface area contributed by atoms with Crippen LogP contribution >= 0.6 is 0 Å². The standard InChI is InChI=1S/C14H20FN/c1-10(2)9-16-14-7-12(8-14)11-3-5-13(15)6-4-11/h3-6,10,12,14,16H,7-9H2,1-2H3. The molecule has 0 heterocycles. The Hall–Kier alpha value is -0.890. The van der Waals surface area contributed by atoms with Gasteiger partial charge in [-0.15, -0.1) is 0 Å². The highest BCUT2D eigenvalue weighted by molar-refractivity contribution is 5.23. The molecular weight excluding hydrogens is 201 g/mol. The van der Waals surface area contributed by atoms with Crippen molar-refractivity contribution in [2.75, 3.05) is 6.54 Å². The van der Waals surface area contributed by atoms with Gasteiger partial charge in [0.25, 0.3) is 0 Å². The van der Waals surface area contributed by atoms with Crippen molar-refractivity contribution in [1.82, 2.24) is 5.32 Å². The van der Waals surface area contributed by atoms with Gasteiger partial charge in [-0.1, -0.05) is 26.0 Å². The first-order chi connectivity index (χ1) is 7.65. The lowest BCUT2D eigenvalue weighted by Gasteiger charge is -2.36. The third kappa shape index (κ3) is 2.82. The summed E-state index contributed by atoms with van der Waals surface area (Å²) in [6, 6.07) is 7.61. The highest BCUT2D eigenvalue weighted by Crippen LogP contribution is 2.36. The fraction of sp³-hybridized carbons (Fsp3) is 0.571. The van der Waals surface area contributed by atoms with Crippen LogP contribution in [-0.2, 0) is 0 Å². The molecule has 1 aliphatic rings. The molecule has 0 spiro atoms. The summed E-state index contributed by atoms with van der Waals surface area (Å²) in [7, 11) is 0. The van der Waals surface area contributed by atoms with Gasteiger partial charge in [-0.3, -0.25) is 0 Å². The molecule has 0 atom stereocenters. The largest absolute Gasteiger partial charge is 0.314 e. The zero-order valence-electron chi connectivity index (χ0n) is 10.0. The van der Waals surface area contributed by atoms with E-state index in [1.807, 2.05) is 12.1 Å². The molecule has 1 aromatic carbocycles. The van der Waals surface area contributed by atoms with Gasteiger partial charge in [0.05, 0.1) is 0 Å². The molecule has 0 saturated heterocycles. The summed E-state index contributed by atoms with van der Waals surface area (Å²) in [5.74, 6) is 1.20. The maximum absolute atomic E-state index is 12.7. The Morgan fingerprint density at radius 1 is 1.25 bits per heavy atom. The van der Waals surface area contributed by atoms with E-state index in [1.54, 1.807) is 12.1 Å². The van der Waals surface area contributed by atoms with Crippen LogP contribution in [-0.4, -0.2) is 12.6 Å². The molecule has 88 valence electrons. The Morgan fingerprint density at radius 2 is 1.88 bits per heavy atom. The van der Waals surface area contributed by atoms with Gasteiger partial charge in [0.15, 0.2) is 0 Å². The van der Waals surface area contributed by atoms with E-state index in [9.17, 15) is 4.39 Å². The van der Waals surface area contributed by atoms with Gasteiger partial charge in [0.2, 0.25) is 0 Å². The molecule has 0 bridgehead atoms. The van der Waals surface area contributed by atoms with Crippen LogP contribution in [0.3, 0.4) is 0 Å². The van der Waals surface area contributed by atoms with E-state index in [0.29, 0.717) is 17.9 Å². The second-order valence-corrected chi connectivity index (χ2v) is 5.22. The lowest BCUT2D eigenvalue weighted by atomic mass is 9.76. The van der Waals surface area contributed by atoms with Crippen molar-refractivity contribution in [1.29, 1.82) is 0 Å². The number of hydrogen-bond donors (Lipinski definition) is 1. The fourth-order valence-electron chi connectivity index (χ4n) is 2.19. The minimum atomic E-state index is -0.141. The van der Waals surface area contributed by atoms with Crippen LogP contribution in [0.15, 0.2) is 24.3 Å². The second kappa shape index (κ2) is 4.96. The monoisotopic (exact) mass is 221 g/mol. The Kier molecular flexibility index (Phi) is 3.59. The molecule has 2 heteroatoms. The Morgan fingerprint density at radius 3 is 2.44 bits per heavy atom. The van der Waals surface area contributed by atoms with Gasteiger partial charge >= 0.3 is 0 Å². The van der Waals surface area contributed by atoms with Gasteiger partial charge in [-0.2, -0.15) is 0 Å². The third-order valence-electron chi connectivity index (χ3n) is 3.29. The van der Waals surface area contributed by atoms with E-state index in [-0.39, 0.29) is 5.82 Å². The van der Waals surface area contributed by atoms with Crippen molar-refractivity contribution in [2.45, 2.75) is 38.6 Å². The smallest absolute Gasteiger partial charge is 0.123 e. The Bertz CT molecular complexity index is 325. The molecule has 1 aliphatic carbocycles. The van der Waals surface area contributed by atoms with Crippen LogP contribution in [0.2, 0.25) is 0 Å². The topological polar surface area (TPSA) is 12.0 Å². The van der Waals surface area contributed by atoms with Crippen molar-refractivity contribution in [3.05, 3.63) is 35.6 Å². The van der Waals surface area contributed by atoms with E-state index in [4.69, 9.17) is 0 Å². The van der Waals surface area contributed by atoms with Gasteiger partial charge in [-0.05, 0) is 48.9 Å². The summed E-state index contributed by atoms with van der Waals surface area (Å²) in [4.78, 5) is 0. The average molecular weight is 221 g/mol. The molecule has 1 saturated carbocycles. The number of benzene rings is 1. The predicted molar refractivity (Wildman–Crippen MR) is 65.0 cm³/mol. The first kappa shape index (κ1) is 11.6. The third-order valence-corrected chi connectivity index (χ3v) is 3.29. The lowest BCUT2D eigenvalue weighted by molar-refractivity contribution is 0.281. The Balaban J connectivity index is 1.77. The lowest BCUT2D eigenvalue weighted by Crippen LogP contribution is -2.41. The first-order valence-electron chi connectivity index (χ1n) is 6.14. The average Bonchev–Trinajstić information content (AvgIpc) is 2.18.